The maximum atomic E-state index is 7.00. The Hall–Kier alpha value is -1.60. The fraction of sp³-hybridized carbons (Fsp3) is 1.00. The summed E-state index contributed by atoms with van der Waals surface area (Å²) in [6.07, 6.45) is 0. The van der Waals surface area contributed by atoms with Crippen LogP contribution in [0.5, 0.6) is 0 Å². The molecule has 0 spiro atoms. The first-order chi connectivity index (χ1) is 1.00. The first-order valence-corrected chi connectivity index (χ1v) is 0.447. The van der Waals surface area contributed by atoms with Crippen LogP contribution in [0, 0.1) is 0 Å². The minimum absolute atomic E-state index is 0. The quantitative estimate of drug-likeness (QED) is 0.249. The Labute approximate surface area is 227 Å². The van der Waals surface area contributed by atoms with Crippen LogP contribution in [0.4, 0.5) is 0 Å². The molecule has 0 aromatic heterocycles. The molecule has 0 radical (unpaired) electrons. The van der Waals surface area contributed by atoms with E-state index in [-0.39, 0.29) is 214 Å². The van der Waals surface area contributed by atoms with E-state index in [1.807, 2.05) is 0 Å². The Bertz CT molecular complexity index is 6.78. The summed E-state index contributed by atoms with van der Waals surface area (Å²) in [5.41, 5.74) is 0. The number of aliphatic hydroxyl groups is 1. The van der Waals surface area contributed by atoms with Crippen molar-refractivity contribution in [2.45, 2.75) is 0 Å². The lowest BCUT2D eigenvalue weighted by molar-refractivity contribution is 0.399. The second-order valence-corrected chi connectivity index (χ2v) is 0. The molecular weight excluding hydrogens is 652 g/mol. The van der Waals surface area contributed by atoms with Crippen molar-refractivity contribution in [3.8, 4) is 0 Å². The van der Waals surface area contributed by atoms with Gasteiger partial charge in [-0.1, -0.05) is 0 Å². The normalized spacial score (nSPS) is 0.146. The molecule has 0 aromatic rings. The van der Waals surface area contributed by atoms with Crippen molar-refractivity contribution in [1.29, 1.82) is 0 Å². The summed E-state index contributed by atoms with van der Waals surface area (Å²) >= 11 is 0. The van der Waals surface area contributed by atoms with E-state index in [1.165, 1.54) is 0 Å². The van der Waals surface area contributed by atoms with Gasteiger partial charge >= 0.3 is 0 Å². The molecular formula is CH82O40. The first kappa shape index (κ1) is 161000. The fourth-order valence-electron chi connectivity index (χ4n) is 0. The minimum Gasteiger partial charge on any atom is -0.412 e. The van der Waals surface area contributed by atoms with Crippen LogP contribution in [0.15, 0.2) is 0 Å². The van der Waals surface area contributed by atoms with Gasteiger partial charge in [-0.15, -0.1) is 0 Å². The summed E-state index contributed by atoms with van der Waals surface area (Å²) in [6.45, 7) is 0. The van der Waals surface area contributed by atoms with Gasteiger partial charge < -0.3 is 219 Å². The molecule has 326 valence electrons. The number of rotatable bonds is 0. The van der Waals surface area contributed by atoms with Crippen molar-refractivity contribution >= 4 is 0 Å². The van der Waals surface area contributed by atoms with Crippen LogP contribution in [-0.2, 0) is 0 Å². The minimum atomic E-state index is 0. The first-order valence-electron chi connectivity index (χ1n) is 0.447. The highest BCUT2D eigenvalue weighted by Gasteiger charge is 0.839. The van der Waals surface area contributed by atoms with Gasteiger partial charge in [0.1, 0.15) is 0 Å². The molecule has 0 bridgehead atoms. The SMILES string of the molecule is CO.O.O.O.O.O.O.O.O.O.O.O.O.O.O.O.O.O.O.O.O.O.O.O.O.O.O.O.O.O.O.O.O.O.O.O.O.O.O.O. The molecule has 0 atom stereocenters. The zero-order valence-corrected chi connectivity index (χ0v) is 20.9. The lowest BCUT2D eigenvalue weighted by atomic mass is 11.8. The monoisotopic (exact) mass is 734 g/mol. The molecule has 79 N–H and O–H groups in total. The lowest BCUT2D eigenvalue weighted by Crippen LogP contribution is -1.25. The Morgan fingerprint density at radius 1 is 0.0976 bits per heavy atom. The molecule has 0 unspecified atom stereocenters. The van der Waals surface area contributed by atoms with Crippen LogP contribution in [0.25, 0.3) is 0 Å². The summed E-state index contributed by atoms with van der Waals surface area (Å²) in [5, 5.41) is 7.00. The fourth-order valence-corrected chi connectivity index (χ4v) is 0. The molecule has 0 aliphatic heterocycles. The van der Waals surface area contributed by atoms with E-state index in [4.69, 9.17) is 5.11 Å². The molecule has 0 amide bonds. The Kier molecular flexibility index (Phi) is 82600000. The summed E-state index contributed by atoms with van der Waals surface area (Å²) in [6, 6.07) is 0. The predicted octanol–water partition coefficient (Wildman–Crippen LogP) is -32.6. The molecule has 0 saturated heterocycles. The van der Waals surface area contributed by atoms with Crippen molar-refractivity contribution in [1.82, 2.24) is 0 Å². The van der Waals surface area contributed by atoms with Gasteiger partial charge in [0.2, 0.25) is 0 Å². The molecule has 41 heavy (non-hydrogen) atoms. The summed E-state index contributed by atoms with van der Waals surface area (Å²) in [5.74, 6) is 0. The molecule has 0 saturated carbocycles. The molecule has 0 aliphatic carbocycles. The number of aliphatic hydroxyl groups excluding tert-OH is 1. The number of hydrogen-bond acceptors (Lipinski definition) is 1. The van der Waals surface area contributed by atoms with Crippen LogP contribution in [0.2, 0.25) is 0 Å². The highest BCUT2D eigenvalue weighted by atomic mass is 16.2. The van der Waals surface area contributed by atoms with Crippen LogP contribution < -0.4 is 0 Å². The smallest absolute Gasteiger partial charge is 0.0319 e. The third-order valence-electron chi connectivity index (χ3n) is 0. The van der Waals surface area contributed by atoms with E-state index >= 15 is 0 Å². The third kappa shape index (κ3) is 19900. The van der Waals surface area contributed by atoms with Gasteiger partial charge in [0.25, 0.3) is 0 Å². The number of hydrogen-bond donors (Lipinski definition) is 1. The largest absolute Gasteiger partial charge is 0.412 e. The maximum Gasteiger partial charge on any atom is 0.0319 e. The van der Waals surface area contributed by atoms with Crippen LogP contribution >= 0.6 is 0 Å². The topological polar surface area (TPSA) is 1250 Å². The third-order valence-corrected chi connectivity index (χ3v) is 0. The van der Waals surface area contributed by atoms with Crippen molar-refractivity contribution < 1.29 is 219 Å². The zero-order valence-electron chi connectivity index (χ0n) is 20.9. The zero-order chi connectivity index (χ0) is 2.00. The second kappa shape index (κ2) is 21000. The van der Waals surface area contributed by atoms with Crippen molar-refractivity contribution in [2.24, 2.45) is 0 Å². The molecule has 0 aromatic carbocycles. The summed E-state index contributed by atoms with van der Waals surface area (Å²) in [4.78, 5) is 0. The predicted molar refractivity (Wildman–Crippen MR) is 149 cm³/mol. The van der Waals surface area contributed by atoms with E-state index in [2.05, 4.69) is 0 Å². The maximum absolute atomic E-state index is 7.00. The molecule has 40 heteroatoms. The molecule has 40 nitrogen and oxygen atoms in total. The lowest BCUT2D eigenvalue weighted by Gasteiger charge is -1.21. The Morgan fingerprint density at radius 3 is 0.0976 bits per heavy atom. The van der Waals surface area contributed by atoms with Gasteiger partial charge in [-0.3, -0.25) is 0 Å². The van der Waals surface area contributed by atoms with E-state index in [0.717, 1.165) is 7.11 Å². The van der Waals surface area contributed by atoms with Gasteiger partial charge in [-0.2, -0.15) is 0 Å². The average molecular weight is 735 g/mol. The molecule has 0 rings (SSSR count). The van der Waals surface area contributed by atoms with Gasteiger partial charge in [0.05, 0.1) is 0 Å². The molecule has 0 aliphatic rings. The summed E-state index contributed by atoms with van der Waals surface area (Å²) < 4.78 is 0. The summed E-state index contributed by atoms with van der Waals surface area (Å²) in [7, 11) is 1.00. The highest BCUT2D eigenvalue weighted by Crippen LogP contribution is 0.755. The van der Waals surface area contributed by atoms with Gasteiger partial charge in [0, 0.05) is 7.11 Å². The van der Waals surface area contributed by atoms with E-state index < -0.39 is 0 Å². The van der Waals surface area contributed by atoms with Gasteiger partial charge in [-0.05, 0) is 0 Å². The Balaban J connectivity index is -0.00000000000675. The van der Waals surface area contributed by atoms with Gasteiger partial charge in [-0.25, -0.2) is 0 Å². The average Bonchev–Trinajstić information content (AvgIpc) is 1.00. The van der Waals surface area contributed by atoms with Crippen molar-refractivity contribution in [3.63, 3.8) is 0 Å². The van der Waals surface area contributed by atoms with E-state index in [1.54, 1.807) is 0 Å². The van der Waals surface area contributed by atoms with Gasteiger partial charge in [0.15, 0.2) is 0 Å². The van der Waals surface area contributed by atoms with Crippen molar-refractivity contribution in [2.75, 3.05) is 7.11 Å². The van der Waals surface area contributed by atoms with Crippen molar-refractivity contribution in [3.05, 3.63) is 0 Å². The Morgan fingerprint density at radius 2 is 0.0976 bits per heavy atom. The molecule has 0 fully saturated rings. The standard InChI is InChI=1S/CH4O.39H2O/c1-2;;;;;;;;;;;;;;;;;;;;;;;;;;;;;;;;;;;;;;;/h2H,1H3;39*1H2. The van der Waals surface area contributed by atoms with E-state index in [9.17, 15) is 0 Å². The molecule has 0 heterocycles. The second-order valence-electron chi connectivity index (χ2n) is 0. The van der Waals surface area contributed by atoms with E-state index in [0.29, 0.717) is 0 Å². The van der Waals surface area contributed by atoms with Crippen LogP contribution in [-0.4, -0.2) is 226 Å². The van der Waals surface area contributed by atoms with Crippen LogP contribution in [0.1, 0.15) is 0 Å². The van der Waals surface area contributed by atoms with Crippen LogP contribution in [0.3, 0.4) is 0 Å². The highest BCUT2D eigenvalue weighted by molar-refractivity contribution is 3.18.